The summed E-state index contributed by atoms with van der Waals surface area (Å²) in [6, 6.07) is 16.2. The van der Waals surface area contributed by atoms with E-state index in [0.717, 1.165) is 12.0 Å². The van der Waals surface area contributed by atoms with Gasteiger partial charge in [0.05, 0.1) is 23.7 Å². The zero-order chi connectivity index (χ0) is 22.2. The third kappa shape index (κ3) is 3.76. The highest BCUT2D eigenvalue weighted by Gasteiger charge is 2.48. The molecule has 3 amide bonds. The minimum Gasteiger partial charge on any atom is -0.324 e. The fraction of sp³-hybridized carbons (Fsp3) is 0.227. The summed E-state index contributed by atoms with van der Waals surface area (Å²) < 4.78 is 0. The number of urea groups is 1. The number of halogens is 1. The zero-order valence-corrected chi connectivity index (χ0v) is 17.7. The van der Waals surface area contributed by atoms with Crippen molar-refractivity contribution in [1.29, 1.82) is 5.26 Å². The summed E-state index contributed by atoms with van der Waals surface area (Å²) in [6.07, 6.45) is 4.02. The SMILES string of the molecule is N#Cc1cccc(NC(=O)CN2NC3C4CC(c5ccc(Cl)cc5)NN4C=CN3C2=O)c1. The first kappa shape index (κ1) is 20.3. The minimum absolute atomic E-state index is 0.00926. The standard InChI is InChI=1S/C22H20ClN7O2/c23-16-6-4-15(5-7-16)18-11-19-21-27-30(22(32)28(21)8-9-29(19)26-18)13-20(31)25-17-3-1-2-14(10-17)12-24/h1-10,18-19,21,26-27H,11,13H2,(H,25,31). The molecule has 0 aliphatic carbocycles. The van der Waals surface area contributed by atoms with Gasteiger partial charge in [0.15, 0.2) is 0 Å². The molecule has 3 N–H and O–H groups in total. The normalized spacial score (nSPS) is 23.7. The Hall–Kier alpha value is -3.58. The summed E-state index contributed by atoms with van der Waals surface area (Å²) in [4.78, 5) is 27.0. The van der Waals surface area contributed by atoms with Gasteiger partial charge in [-0.25, -0.2) is 20.7 Å². The number of hydrazine groups is 2. The molecule has 0 radical (unpaired) electrons. The molecular weight excluding hydrogens is 430 g/mol. The van der Waals surface area contributed by atoms with Gasteiger partial charge in [-0.05, 0) is 42.3 Å². The topological polar surface area (TPSA) is 104 Å². The van der Waals surface area contributed by atoms with Gasteiger partial charge in [-0.2, -0.15) is 5.26 Å². The number of anilines is 1. The summed E-state index contributed by atoms with van der Waals surface area (Å²) in [5, 5.41) is 15.7. The molecule has 32 heavy (non-hydrogen) atoms. The van der Waals surface area contributed by atoms with E-state index >= 15 is 0 Å². The minimum atomic E-state index is -0.356. The predicted molar refractivity (Wildman–Crippen MR) is 117 cm³/mol. The number of amides is 3. The number of hydrogen-bond donors (Lipinski definition) is 3. The molecule has 0 bridgehead atoms. The maximum absolute atomic E-state index is 12.9. The number of nitrogens with zero attached hydrogens (tertiary/aromatic N) is 4. The van der Waals surface area contributed by atoms with Gasteiger partial charge >= 0.3 is 6.03 Å². The lowest BCUT2D eigenvalue weighted by molar-refractivity contribution is -0.117. The first-order chi connectivity index (χ1) is 15.5. The second-order valence-electron chi connectivity index (χ2n) is 7.83. The van der Waals surface area contributed by atoms with Crippen LogP contribution in [0.4, 0.5) is 10.5 Å². The number of benzene rings is 2. The van der Waals surface area contributed by atoms with E-state index in [1.165, 1.54) is 5.01 Å². The van der Waals surface area contributed by atoms with Gasteiger partial charge in [0.1, 0.15) is 12.7 Å². The van der Waals surface area contributed by atoms with Crippen molar-refractivity contribution >= 4 is 29.2 Å². The molecule has 3 heterocycles. The largest absolute Gasteiger partial charge is 0.340 e. The van der Waals surface area contributed by atoms with E-state index in [1.807, 2.05) is 41.5 Å². The van der Waals surface area contributed by atoms with E-state index < -0.39 is 0 Å². The highest BCUT2D eigenvalue weighted by atomic mass is 35.5. The molecule has 0 saturated carbocycles. The van der Waals surface area contributed by atoms with Crippen LogP contribution in [0.15, 0.2) is 60.9 Å². The third-order valence-electron chi connectivity index (χ3n) is 5.78. The highest BCUT2D eigenvalue weighted by molar-refractivity contribution is 6.30. The molecule has 9 nitrogen and oxygen atoms in total. The van der Waals surface area contributed by atoms with Crippen LogP contribution in [-0.2, 0) is 4.79 Å². The molecule has 2 aromatic carbocycles. The summed E-state index contributed by atoms with van der Waals surface area (Å²) in [6.45, 7) is -0.156. The first-order valence-corrected chi connectivity index (χ1v) is 10.5. The van der Waals surface area contributed by atoms with Crippen molar-refractivity contribution < 1.29 is 9.59 Å². The van der Waals surface area contributed by atoms with Crippen LogP contribution in [-0.4, -0.2) is 45.6 Å². The smallest absolute Gasteiger partial charge is 0.324 e. The Kier molecular flexibility index (Phi) is 5.19. The number of rotatable bonds is 4. The summed E-state index contributed by atoms with van der Waals surface area (Å²) >= 11 is 6.00. The number of fused-ring (bicyclic) bond motifs is 3. The van der Waals surface area contributed by atoms with Gasteiger partial charge in [-0.15, -0.1) is 0 Å². The van der Waals surface area contributed by atoms with Crippen LogP contribution >= 0.6 is 11.6 Å². The van der Waals surface area contributed by atoms with Gasteiger partial charge in [-0.1, -0.05) is 29.8 Å². The molecule has 3 atom stereocenters. The summed E-state index contributed by atoms with van der Waals surface area (Å²) in [5.41, 5.74) is 8.71. The van der Waals surface area contributed by atoms with Crippen LogP contribution in [0.2, 0.25) is 5.02 Å². The van der Waals surface area contributed by atoms with Crippen LogP contribution in [0.1, 0.15) is 23.6 Å². The van der Waals surface area contributed by atoms with E-state index in [9.17, 15) is 9.59 Å². The van der Waals surface area contributed by atoms with Gasteiger partial charge in [-0.3, -0.25) is 9.69 Å². The van der Waals surface area contributed by atoms with E-state index in [0.29, 0.717) is 16.3 Å². The van der Waals surface area contributed by atoms with Gasteiger partial charge in [0, 0.05) is 23.1 Å². The maximum atomic E-state index is 12.9. The van der Waals surface area contributed by atoms with Crippen LogP contribution in [0.3, 0.4) is 0 Å². The molecule has 0 spiro atoms. The molecule has 3 aliphatic heterocycles. The van der Waals surface area contributed by atoms with Crippen LogP contribution in [0.5, 0.6) is 0 Å². The monoisotopic (exact) mass is 449 g/mol. The zero-order valence-electron chi connectivity index (χ0n) is 16.9. The number of carbonyl (C=O) groups is 2. The molecule has 2 fully saturated rings. The average Bonchev–Trinajstić information content (AvgIpc) is 3.36. The van der Waals surface area contributed by atoms with Crippen LogP contribution in [0.25, 0.3) is 0 Å². The highest BCUT2D eigenvalue weighted by Crippen LogP contribution is 2.34. The van der Waals surface area contributed by atoms with E-state index in [4.69, 9.17) is 16.9 Å². The second kappa shape index (κ2) is 8.16. The molecule has 3 unspecified atom stereocenters. The predicted octanol–water partition coefficient (Wildman–Crippen LogP) is 2.52. The summed E-state index contributed by atoms with van der Waals surface area (Å²) in [5.74, 6) is -0.356. The van der Waals surface area contributed by atoms with Crippen molar-refractivity contribution in [2.45, 2.75) is 24.7 Å². The lowest BCUT2D eigenvalue weighted by Crippen LogP contribution is -2.54. The second-order valence-corrected chi connectivity index (χ2v) is 8.27. The fourth-order valence-corrected chi connectivity index (χ4v) is 4.38. The van der Waals surface area contributed by atoms with Crippen molar-refractivity contribution in [2.24, 2.45) is 0 Å². The fourth-order valence-electron chi connectivity index (χ4n) is 4.25. The molecule has 162 valence electrons. The van der Waals surface area contributed by atoms with E-state index in [2.05, 4.69) is 16.2 Å². The Balaban J connectivity index is 1.25. The van der Waals surface area contributed by atoms with Crippen molar-refractivity contribution in [3.8, 4) is 6.07 Å². The van der Waals surface area contributed by atoms with Gasteiger partial charge in [0.2, 0.25) is 5.91 Å². The number of hydrogen-bond acceptors (Lipinski definition) is 6. The lowest BCUT2D eigenvalue weighted by Gasteiger charge is -2.34. The van der Waals surface area contributed by atoms with Crippen molar-refractivity contribution in [1.82, 2.24) is 25.8 Å². The molecule has 3 aliphatic rings. The molecule has 5 rings (SSSR count). The maximum Gasteiger partial charge on any atom is 0.340 e. The number of carbonyl (C=O) groups excluding carboxylic acids is 2. The quantitative estimate of drug-likeness (QED) is 0.662. The Morgan fingerprint density at radius 3 is 2.78 bits per heavy atom. The van der Waals surface area contributed by atoms with E-state index in [-0.39, 0.29) is 36.7 Å². The lowest BCUT2D eigenvalue weighted by atomic mass is 10.00. The molecular formula is C22H20ClN7O2. The van der Waals surface area contributed by atoms with Crippen LogP contribution in [0, 0.1) is 11.3 Å². The van der Waals surface area contributed by atoms with Crippen molar-refractivity contribution in [3.05, 3.63) is 77.1 Å². The Morgan fingerprint density at radius 2 is 2.00 bits per heavy atom. The average molecular weight is 450 g/mol. The molecule has 2 aromatic rings. The number of nitriles is 1. The Morgan fingerprint density at radius 1 is 1.19 bits per heavy atom. The summed E-state index contributed by atoms with van der Waals surface area (Å²) in [7, 11) is 0. The van der Waals surface area contributed by atoms with Gasteiger partial charge in [0.25, 0.3) is 0 Å². The Bertz CT molecular complexity index is 1130. The molecule has 2 saturated heterocycles. The molecule has 0 aromatic heterocycles. The van der Waals surface area contributed by atoms with Crippen molar-refractivity contribution in [3.63, 3.8) is 0 Å². The van der Waals surface area contributed by atoms with Gasteiger partial charge < -0.3 is 10.3 Å². The third-order valence-corrected chi connectivity index (χ3v) is 6.03. The van der Waals surface area contributed by atoms with E-state index in [1.54, 1.807) is 35.4 Å². The Labute approximate surface area is 189 Å². The van der Waals surface area contributed by atoms with Crippen molar-refractivity contribution in [2.75, 3.05) is 11.9 Å². The van der Waals surface area contributed by atoms with Crippen LogP contribution < -0.4 is 16.2 Å². The number of nitrogens with one attached hydrogen (secondary N) is 3. The first-order valence-electron chi connectivity index (χ1n) is 10.2. The molecule has 10 heteroatoms.